The van der Waals surface area contributed by atoms with Crippen molar-refractivity contribution in [2.24, 2.45) is 5.92 Å². The lowest BCUT2D eigenvalue weighted by molar-refractivity contribution is -0.383. The van der Waals surface area contributed by atoms with E-state index in [1.54, 1.807) is 12.3 Å². The SMILES string of the molecule is CCCC1CC1Nc1ccc([N+](=O)[O-])c2ncccc12. The molecule has 1 aromatic heterocycles. The minimum absolute atomic E-state index is 0.0621. The van der Waals surface area contributed by atoms with Crippen LogP contribution in [0.4, 0.5) is 11.4 Å². The first-order valence-electron chi connectivity index (χ1n) is 6.99. The normalized spacial score (nSPS) is 20.9. The van der Waals surface area contributed by atoms with Crippen molar-refractivity contribution < 1.29 is 4.92 Å². The third-order valence-corrected chi connectivity index (χ3v) is 3.87. The lowest BCUT2D eigenvalue weighted by Crippen LogP contribution is -2.05. The van der Waals surface area contributed by atoms with Gasteiger partial charge in [0.05, 0.1) is 4.92 Å². The summed E-state index contributed by atoms with van der Waals surface area (Å²) in [4.78, 5) is 14.8. The Labute approximate surface area is 117 Å². The van der Waals surface area contributed by atoms with E-state index in [0.29, 0.717) is 11.6 Å². The molecular formula is C15H17N3O2. The van der Waals surface area contributed by atoms with Crippen molar-refractivity contribution in [1.82, 2.24) is 4.98 Å². The van der Waals surface area contributed by atoms with Gasteiger partial charge in [0.2, 0.25) is 0 Å². The van der Waals surface area contributed by atoms with Crippen LogP contribution in [-0.2, 0) is 0 Å². The van der Waals surface area contributed by atoms with E-state index in [4.69, 9.17) is 0 Å². The molecule has 5 nitrogen and oxygen atoms in total. The molecule has 1 aromatic carbocycles. The van der Waals surface area contributed by atoms with Gasteiger partial charge in [-0.25, -0.2) is 4.98 Å². The summed E-state index contributed by atoms with van der Waals surface area (Å²) < 4.78 is 0. The van der Waals surface area contributed by atoms with Crippen LogP contribution >= 0.6 is 0 Å². The van der Waals surface area contributed by atoms with Gasteiger partial charge in [0.25, 0.3) is 5.69 Å². The fraction of sp³-hybridized carbons (Fsp3) is 0.400. The van der Waals surface area contributed by atoms with E-state index < -0.39 is 0 Å². The van der Waals surface area contributed by atoms with Gasteiger partial charge in [0, 0.05) is 29.4 Å². The molecule has 2 unspecified atom stereocenters. The molecule has 1 N–H and O–H groups in total. The summed E-state index contributed by atoms with van der Waals surface area (Å²) in [5, 5.41) is 15.4. The van der Waals surface area contributed by atoms with Crippen molar-refractivity contribution in [3.8, 4) is 0 Å². The topological polar surface area (TPSA) is 68.1 Å². The van der Waals surface area contributed by atoms with Crippen LogP contribution in [-0.4, -0.2) is 15.9 Å². The molecule has 20 heavy (non-hydrogen) atoms. The molecule has 1 fully saturated rings. The number of fused-ring (bicyclic) bond motifs is 1. The number of benzene rings is 1. The average molecular weight is 271 g/mol. The third kappa shape index (κ3) is 2.31. The van der Waals surface area contributed by atoms with Crippen molar-refractivity contribution in [1.29, 1.82) is 0 Å². The minimum atomic E-state index is -0.379. The molecule has 5 heteroatoms. The Bertz CT molecular complexity index is 657. The lowest BCUT2D eigenvalue weighted by atomic mass is 10.1. The molecule has 0 spiro atoms. The Kier molecular flexibility index (Phi) is 3.26. The van der Waals surface area contributed by atoms with Gasteiger partial charge in [-0.05, 0) is 37.0 Å². The van der Waals surface area contributed by atoms with Crippen LogP contribution in [0, 0.1) is 16.0 Å². The molecule has 2 atom stereocenters. The molecular weight excluding hydrogens is 254 g/mol. The second-order valence-corrected chi connectivity index (χ2v) is 5.32. The largest absolute Gasteiger partial charge is 0.381 e. The predicted molar refractivity (Wildman–Crippen MR) is 78.8 cm³/mol. The van der Waals surface area contributed by atoms with E-state index in [2.05, 4.69) is 17.2 Å². The Morgan fingerprint density at radius 3 is 3.05 bits per heavy atom. The number of hydrogen-bond acceptors (Lipinski definition) is 4. The first-order chi connectivity index (χ1) is 9.70. The molecule has 0 amide bonds. The van der Waals surface area contributed by atoms with Crippen LogP contribution in [0.5, 0.6) is 0 Å². The van der Waals surface area contributed by atoms with E-state index in [0.717, 1.165) is 17.0 Å². The predicted octanol–water partition coefficient (Wildman–Crippen LogP) is 3.74. The van der Waals surface area contributed by atoms with Crippen molar-refractivity contribution in [3.63, 3.8) is 0 Å². The Hall–Kier alpha value is -2.17. The maximum atomic E-state index is 11.0. The lowest BCUT2D eigenvalue weighted by Gasteiger charge is -2.09. The summed E-state index contributed by atoms with van der Waals surface area (Å²) in [5.41, 5.74) is 1.46. The number of nitrogens with one attached hydrogen (secondary N) is 1. The number of pyridine rings is 1. The van der Waals surface area contributed by atoms with Gasteiger partial charge >= 0.3 is 0 Å². The van der Waals surface area contributed by atoms with Gasteiger partial charge in [0.1, 0.15) is 5.52 Å². The summed E-state index contributed by atoms with van der Waals surface area (Å²) in [6.07, 6.45) is 5.22. The molecule has 1 saturated carbocycles. The summed E-state index contributed by atoms with van der Waals surface area (Å²) in [5.74, 6) is 0.738. The van der Waals surface area contributed by atoms with E-state index in [9.17, 15) is 10.1 Å². The minimum Gasteiger partial charge on any atom is -0.381 e. The maximum Gasteiger partial charge on any atom is 0.295 e. The van der Waals surface area contributed by atoms with Crippen LogP contribution in [0.1, 0.15) is 26.2 Å². The number of anilines is 1. The van der Waals surface area contributed by atoms with Crippen LogP contribution in [0.2, 0.25) is 0 Å². The smallest absolute Gasteiger partial charge is 0.295 e. The zero-order valence-electron chi connectivity index (χ0n) is 11.4. The number of nitro groups is 1. The molecule has 0 aliphatic heterocycles. The van der Waals surface area contributed by atoms with Crippen molar-refractivity contribution in [2.75, 3.05) is 5.32 Å². The zero-order chi connectivity index (χ0) is 14.1. The van der Waals surface area contributed by atoms with Crippen molar-refractivity contribution >= 4 is 22.3 Å². The molecule has 3 rings (SSSR count). The Morgan fingerprint density at radius 2 is 2.30 bits per heavy atom. The molecule has 104 valence electrons. The molecule has 1 aliphatic rings. The zero-order valence-corrected chi connectivity index (χ0v) is 11.4. The molecule has 0 bridgehead atoms. The molecule has 0 radical (unpaired) electrons. The standard InChI is InChI=1S/C15H17N3O2/c1-2-4-10-9-13(10)17-12-6-7-14(18(19)20)15-11(12)5-3-8-16-15/h3,5-8,10,13,17H,2,4,9H2,1H3. The van der Waals surface area contributed by atoms with Crippen LogP contribution < -0.4 is 5.32 Å². The van der Waals surface area contributed by atoms with Crippen LogP contribution in [0.25, 0.3) is 10.9 Å². The fourth-order valence-electron chi connectivity index (χ4n) is 2.74. The van der Waals surface area contributed by atoms with Gasteiger partial charge in [-0.1, -0.05) is 13.3 Å². The fourth-order valence-corrected chi connectivity index (χ4v) is 2.74. The third-order valence-electron chi connectivity index (χ3n) is 3.87. The van der Waals surface area contributed by atoms with Crippen molar-refractivity contribution in [2.45, 2.75) is 32.2 Å². The first kappa shape index (κ1) is 12.8. The summed E-state index contributed by atoms with van der Waals surface area (Å²) >= 11 is 0. The number of rotatable bonds is 5. The number of aromatic nitrogens is 1. The second-order valence-electron chi connectivity index (χ2n) is 5.32. The maximum absolute atomic E-state index is 11.0. The summed E-state index contributed by atoms with van der Waals surface area (Å²) in [7, 11) is 0. The molecule has 0 saturated heterocycles. The highest BCUT2D eigenvalue weighted by molar-refractivity contribution is 5.97. The van der Waals surface area contributed by atoms with E-state index >= 15 is 0 Å². The summed E-state index contributed by atoms with van der Waals surface area (Å²) in [6, 6.07) is 7.53. The van der Waals surface area contributed by atoms with Gasteiger partial charge in [0.15, 0.2) is 0 Å². The monoisotopic (exact) mass is 271 g/mol. The quantitative estimate of drug-likeness (QED) is 0.664. The first-order valence-corrected chi connectivity index (χ1v) is 6.99. The van der Waals surface area contributed by atoms with E-state index in [-0.39, 0.29) is 10.6 Å². The van der Waals surface area contributed by atoms with E-state index in [1.807, 2.05) is 12.1 Å². The number of hydrogen-bond donors (Lipinski definition) is 1. The van der Waals surface area contributed by atoms with Crippen LogP contribution in [0.3, 0.4) is 0 Å². The number of non-ortho nitro benzene ring substituents is 1. The molecule has 1 heterocycles. The average Bonchev–Trinajstić information content (AvgIpc) is 3.17. The van der Waals surface area contributed by atoms with Crippen molar-refractivity contribution in [3.05, 3.63) is 40.6 Å². The molecule has 2 aromatic rings. The van der Waals surface area contributed by atoms with Gasteiger partial charge < -0.3 is 5.32 Å². The van der Waals surface area contributed by atoms with Crippen LogP contribution in [0.15, 0.2) is 30.5 Å². The number of nitro benzene ring substituents is 1. The Balaban J connectivity index is 1.93. The second kappa shape index (κ2) is 5.07. The number of nitrogens with zero attached hydrogens (tertiary/aromatic N) is 2. The highest BCUT2D eigenvalue weighted by Gasteiger charge is 2.36. The highest BCUT2D eigenvalue weighted by atomic mass is 16.6. The van der Waals surface area contributed by atoms with E-state index in [1.165, 1.54) is 25.3 Å². The van der Waals surface area contributed by atoms with Gasteiger partial charge in [-0.3, -0.25) is 10.1 Å². The van der Waals surface area contributed by atoms with Gasteiger partial charge in [-0.15, -0.1) is 0 Å². The summed E-state index contributed by atoms with van der Waals surface area (Å²) in [6.45, 7) is 2.20. The highest BCUT2D eigenvalue weighted by Crippen LogP contribution is 2.39. The van der Waals surface area contributed by atoms with Gasteiger partial charge in [-0.2, -0.15) is 0 Å². The molecule has 1 aliphatic carbocycles. The Morgan fingerprint density at radius 1 is 1.45 bits per heavy atom.